The number of carbonyl (C=O) groups excluding carboxylic acids is 3. The van der Waals surface area contributed by atoms with Crippen molar-refractivity contribution in [2.75, 3.05) is 23.4 Å². The van der Waals surface area contributed by atoms with Gasteiger partial charge in [0.2, 0.25) is 0 Å². The first kappa shape index (κ1) is 22.3. The van der Waals surface area contributed by atoms with Gasteiger partial charge in [-0.2, -0.15) is 0 Å². The number of amides is 2. The van der Waals surface area contributed by atoms with Crippen molar-refractivity contribution in [3.63, 3.8) is 0 Å². The maximum absolute atomic E-state index is 13.4. The van der Waals surface area contributed by atoms with Gasteiger partial charge in [-0.1, -0.05) is 0 Å². The molecule has 36 heavy (non-hydrogen) atoms. The summed E-state index contributed by atoms with van der Waals surface area (Å²) in [4.78, 5) is 47.3. The number of likely N-dealkylation sites (N-methyl/N-ethyl adjacent to an activating group) is 1. The van der Waals surface area contributed by atoms with E-state index in [2.05, 4.69) is 4.98 Å². The van der Waals surface area contributed by atoms with Gasteiger partial charge in [0.1, 0.15) is 11.5 Å². The zero-order chi connectivity index (χ0) is 25.1. The number of Topliss-reactive ketones (excluding diaryl/α,β-unsaturated/α-hetero) is 1. The molecular weight excluding hydrogens is 480 g/mol. The molecule has 2 aliphatic heterocycles. The summed E-state index contributed by atoms with van der Waals surface area (Å²) < 4.78 is 13.4. The van der Waals surface area contributed by atoms with E-state index in [9.17, 15) is 14.4 Å². The number of imidazole rings is 1. The van der Waals surface area contributed by atoms with Crippen molar-refractivity contribution in [1.82, 2.24) is 9.38 Å². The van der Waals surface area contributed by atoms with Crippen molar-refractivity contribution in [3.8, 4) is 22.8 Å². The third-order valence-corrected chi connectivity index (χ3v) is 7.25. The van der Waals surface area contributed by atoms with Crippen molar-refractivity contribution in [2.24, 2.45) is 0 Å². The van der Waals surface area contributed by atoms with Crippen LogP contribution in [0, 0.1) is 0 Å². The van der Waals surface area contributed by atoms with Crippen LogP contribution < -0.4 is 19.3 Å². The van der Waals surface area contributed by atoms with Crippen LogP contribution in [0.1, 0.15) is 24.2 Å². The first-order valence-corrected chi connectivity index (χ1v) is 12.3. The van der Waals surface area contributed by atoms with Crippen molar-refractivity contribution < 1.29 is 23.9 Å². The van der Waals surface area contributed by atoms with Gasteiger partial charge in [0.05, 0.1) is 23.6 Å². The Hall–Kier alpha value is -4.18. The van der Waals surface area contributed by atoms with Crippen molar-refractivity contribution in [1.29, 1.82) is 0 Å². The van der Waals surface area contributed by atoms with E-state index < -0.39 is 12.2 Å². The molecular formula is C26H22N4O5S. The number of anilines is 2. The molecule has 10 heteroatoms. The number of hydrogen-bond acceptors (Lipinski definition) is 7. The minimum Gasteiger partial charge on any atom is -0.479 e. The molecule has 0 radical (unpaired) electrons. The lowest BCUT2D eigenvalue weighted by atomic mass is 10.0. The first-order chi connectivity index (χ1) is 17.3. The van der Waals surface area contributed by atoms with Gasteiger partial charge in [0, 0.05) is 35.9 Å². The minimum absolute atomic E-state index is 0.172. The van der Waals surface area contributed by atoms with Gasteiger partial charge >= 0.3 is 0 Å². The molecule has 2 aromatic heterocycles. The van der Waals surface area contributed by atoms with Gasteiger partial charge < -0.3 is 14.4 Å². The molecule has 0 N–H and O–H groups in total. The Balaban J connectivity index is 1.33. The lowest BCUT2D eigenvalue weighted by Gasteiger charge is -2.33. The summed E-state index contributed by atoms with van der Waals surface area (Å²) in [6.45, 7) is 3.18. The van der Waals surface area contributed by atoms with E-state index in [4.69, 9.17) is 9.47 Å². The zero-order valence-electron chi connectivity index (χ0n) is 19.8. The van der Waals surface area contributed by atoms with Crippen molar-refractivity contribution in [2.45, 2.75) is 26.1 Å². The predicted molar refractivity (Wildman–Crippen MR) is 135 cm³/mol. The topological polar surface area (TPSA) is 93.4 Å². The average Bonchev–Trinajstić information content (AvgIpc) is 3.48. The molecule has 2 aliphatic rings. The van der Waals surface area contributed by atoms with Gasteiger partial charge in [-0.3, -0.25) is 23.7 Å². The standard InChI is InChI=1S/C26H22N4O5S/c1-14-24(32)28(3)19-11-17(5-7-22(19)34-14)21(31)13-30-20-10-16(4-6-23(20)35-15(2)25(30)33)18-12-29-8-9-36-26(29)27-18/h4-12,14-15H,13H2,1-3H3. The van der Waals surface area contributed by atoms with Gasteiger partial charge in [-0.25, -0.2) is 4.98 Å². The van der Waals surface area contributed by atoms with E-state index >= 15 is 0 Å². The summed E-state index contributed by atoms with van der Waals surface area (Å²) in [6, 6.07) is 10.5. The fourth-order valence-electron chi connectivity index (χ4n) is 4.52. The first-order valence-electron chi connectivity index (χ1n) is 11.5. The number of hydrogen-bond donors (Lipinski definition) is 0. The molecule has 2 atom stereocenters. The van der Waals surface area contributed by atoms with Crippen molar-refractivity contribution >= 4 is 45.3 Å². The van der Waals surface area contributed by atoms with Crippen LogP contribution in [0.4, 0.5) is 11.4 Å². The molecule has 0 fully saturated rings. The van der Waals surface area contributed by atoms with Crippen LogP contribution in [0.2, 0.25) is 0 Å². The second-order valence-corrected chi connectivity index (χ2v) is 9.72. The van der Waals surface area contributed by atoms with Crippen LogP contribution >= 0.6 is 11.3 Å². The van der Waals surface area contributed by atoms with E-state index in [1.54, 1.807) is 45.2 Å². The molecule has 4 aromatic rings. The van der Waals surface area contributed by atoms with Crippen LogP contribution in [-0.2, 0) is 9.59 Å². The maximum atomic E-state index is 13.4. The number of thiazole rings is 1. The van der Waals surface area contributed by atoms with Crippen molar-refractivity contribution in [3.05, 3.63) is 59.7 Å². The van der Waals surface area contributed by atoms with Gasteiger partial charge in [-0.15, -0.1) is 11.3 Å². The van der Waals surface area contributed by atoms with Gasteiger partial charge in [-0.05, 0) is 50.2 Å². The lowest BCUT2D eigenvalue weighted by Crippen LogP contribution is -2.46. The highest BCUT2D eigenvalue weighted by Gasteiger charge is 2.34. The molecule has 0 spiro atoms. The van der Waals surface area contributed by atoms with Crippen LogP contribution in [0.15, 0.2) is 54.2 Å². The average molecular weight is 503 g/mol. The molecule has 2 aromatic carbocycles. The van der Waals surface area contributed by atoms with E-state index in [1.807, 2.05) is 34.3 Å². The van der Waals surface area contributed by atoms with E-state index in [-0.39, 0.29) is 24.1 Å². The SMILES string of the molecule is CC1Oc2ccc(C(=O)CN3C(=O)C(C)Oc4ccc(-c5cn6ccsc6n5)cc43)cc2N(C)C1=O. The number of ether oxygens (including phenoxy) is 2. The fourth-order valence-corrected chi connectivity index (χ4v) is 5.22. The summed E-state index contributed by atoms with van der Waals surface area (Å²) >= 11 is 1.53. The van der Waals surface area contributed by atoms with Crippen LogP contribution in [-0.4, -0.2) is 52.8 Å². The second kappa shape index (κ2) is 8.20. The summed E-state index contributed by atoms with van der Waals surface area (Å²) in [5.74, 6) is 0.301. The Bertz CT molecular complexity index is 1530. The number of nitrogens with zero attached hydrogens (tertiary/aromatic N) is 4. The summed E-state index contributed by atoms with van der Waals surface area (Å²) in [5.41, 5.74) is 2.99. The smallest absolute Gasteiger partial charge is 0.268 e. The number of aromatic nitrogens is 2. The molecule has 9 nitrogen and oxygen atoms in total. The Kier molecular flexibility index (Phi) is 5.08. The molecule has 4 heterocycles. The second-order valence-electron chi connectivity index (χ2n) is 8.85. The molecule has 2 amide bonds. The zero-order valence-corrected chi connectivity index (χ0v) is 20.6. The van der Waals surface area contributed by atoms with E-state index in [0.29, 0.717) is 28.4 Å². The molecule has 0 aliphatic carbocycles. The van der Waals surface area contributed by atoms with Gasteiger partial charge in [0.25, 0.3) is 11.8 Å². The Labute approximate surface area is 210 Å². The summed E-state index contributed by atoms with van der Waals surface area (Å²) in [6.07, 6.45) is 2.54. The Morgan fingerprint density at radius 3 is 2.50 bits per heavy atom. The highest BCUT2D eigenvalue weighted by molar-refractivity contribution is 7.15. The highest BCUT2D eigenvalue weighted by atomic mass is 32.1. The third-order valence-electron chi connectivity index (χ3n) is 6.48. The largest absolute Gasteiger partial charge is 0.479 e. The van der Waals surface area contributed by atoms with E-state index in [1.165, 1.54) is 21.1 Å². The quantitative estimate of drug-likeness (QED) is 0.394. The Morgan fingerprint density at radius 1 is 1.00 bits per heavy atom. The Morgan fingerprint density at radius 2 is 1.72 bits per heavy atom. The molecule has 182 valence electrons. The van der Waals surface area contributed by atoms with Crippen LogP contribution in [0.3, 0.4) is 0 Å². The normalized spacial score (nSPS) is 19.1. The molecule has 0 saturated heterocycles. The fraction of sp³-hybridized carbons (Fsp3) is 0.231. The molecule has 0 saturated carbocycles. The third kappa shape index (κ3) is 3.53. The lowest BCUT2D eigenvalue weighted by molar-refractivity contribution is -0.125. The maximum Gasteiger partial charge on any atom is 0.268 e. The highest BCUT2D eigenvalue weighted by Crippen LogP contribution is 2.38. The van der Waals surface area contributed by atoms with E-state index in [0.717, 1.165) is 16.2 Å². The predicted octanol–water partition coefficient (Wildman–Crippen LogP) is 3.80. The monoisotopic (exact) mass is 502 g/mol. The van der Waals surface area contributed by atoms with Gasteiger partial charge in [0.15, 0.2) is 23.0 Å². The summed E-state index contributed by atoms with van der Waals surface area (Å²) in [7, 11) is 1.65. The summed E-state index contributed by atoms with van der Waals surface area (Å²) in [5, 5.41) is 1.96. The number of carbonyl (C=O) groups is 3. The minimum atomic E-state index is -0.726. The van der Waals surface area contributed by atoms with Crippen LogP contribution in [0.25, 0.3) is 16.2 Å². The number of ketones is 1. The number of rotatable bonds is 4. The number of benzene rings is 2. The number of fused-ring (bicyclic) bond motifs is 3. The molecule has 0 bridgehead atoms. The molecule has 6 rings (SSSR count). The molecule has 2 unspecified atom stereocenters. The van der Waals surface area contributed by atoms with Crippen LogP contribution in [0.5, 0.6) is 11.5 Å².